The Morgan fingerprint density at radius 3 is 2.64 bits per heavy atom. The molecule has 1 N–H and O–H groups in total. The standard InChI is InChI=1S/C9H18O2/c1-7(6-11-3)4-9(10)5-8(9)2/h7-8,10H,4-6H2,1-3H3. The van der Waals surface area contributed by atoms with Crippen molar-refractivity contribution in [1.29, 1.82) is 0 Å². The number of ether oxygens (including phenoxy) is 1. The lowest BCUT2D eigenvalue weighted by Crippen LogP contribution is -2.17. The second-order valence-electron chi connectivity index (χ2n) is 3.97. The molecule has 1 fully saturated rings. The predicted octanol–water partition coefficient (Wildman–Crippen LogP) is 1.43. The first-order valence-corrected chi connectivity index (χ1v) is 4.30. The van der Waals surface area contributed by atoms with Crippen molar-refractivity contribution >= 4 is 0 Å². The average molecular weight is 158 g/mol. The van der Waals surface area contributed by atoms with Crippen molar-refractivity contribution in [1.82, 2.24) is 0 Å². The maximum absolute atomic E-state index is 9.74. The monoisotopic (exact) mass is 158 g/mol. The first-order valence-electron chi connectivity index (χ1n) is 4.30. The van der Waals surface area contributed by atoms with Crippen LogP contribution >= 0.6 is 0 Å². The Morgan fingerprint density at radius 2 is 2.27 bits per heavy atom. The van der Waals surface area contributed by atoms with Crippen molar-refractivity contribution in [3.8, 4) is 0 Å². The van der Waals surface area contributed by atoms with Gasteiger partial charge < -0.3 is 9.84 Å². The van der Waals surface area contributed by atoms with Gasteiger partial charge in [-0.3, -0.25) is 0 Å². The van der Waals surface area contributed by atoms with E-state index in [4.69, 9.17) is 4.74 Å². The zero-order valence-electron chi connectivity index (χ0n) is 7.63. The Labute approximate surface area is 68.6 Å². The molecule has 0 saturated heterocycles. The molecule has 3 atom stereocenters. The molecule has 1 aliphatic carbocycles. The summed E-state index contributed by atoms with van der Waals surface area (Å²) < 4.78 is 5.00. The van der Waals surface area contributed by atoms with Gasteiger partial charge in [-0.2, -0.15) is 0 Å². The first kappa shape index (κ1) is 9.01. The minimum absolute atomic E-state index is 0.349. The van der Waals surface area contributed by atoms with E-state index < -0.39 is 0 Å². The van der Waals surface area contributed by atoms with E-state index in [2.05, 4.69) is 13.8 Å². The first-order chi connectivity index (χ1) is 5.08. The molecule has 2 heteroatoms. The highest BCUT2D eigenvalue weighted by molar-refractivity contribution is 5.01. The summed E-state index contributed by atoms with van der Waals surface area (Å²) in [5.74, 6) is 0.983. The van der Waals surface area contributed by atoms with Crippen molar-refractivity contribution in [2.75, 3.05) is 13.7 Å². The molecule has 11 heavy (non-hydrogen) atoms. The average Bonchev–Trinajstić information content (AvgIpc) is 2.39. The van der Waals surface area contributed by atoms with Gasteiger partial charge in [0.05, 0.1) is 5.60 Å². The molecule has 66 valence electrons. The van der Waals surface area contributed by atoms with E-state index in [1.165, 1.54) is 0 Å². The molecule has 0 aliphatic heterocycles. The molecule has 0 amide bonds. The van der Waals surface area contributed by atoms with Crippen molar-refractivity contribution < 1.29 is 9.84 Å². The molecule has 0 radical (unpaired) electrons. The number of hydrogen-bond donors (Lipinski definition) is 1. The van der Waals surface area contributed by atoms with Gasteiger partial charge in [0.25, 0.3) is 0 Å². The highest BCUT2D eigenvalue weighted by Gasteiger charge is 2.49. The maximum Gasteiger partial charge on any atom is 0.0681 e. The van der Waals surface area contributed by atoms with E-state index in [9.17, 15) is 5.11 Å². The quantitative estimate of drug-likeness (QED) is 0.670. The van der Waals surface area contributed by atoms with E-state index in [0.717, 1.165) is 19.4 Å². The minimum atomic E-state index is -0.349. The third kappa shape index (κ3) is 2.17. The van der Waals surface area contributed by atoms with Gasteiger partial charge in [0.2, 0.25) is 0 Å². The van der Waals surface area contributed by atoms with Gasteiger partial charge in [-0.05, 0) is 24.7 Å². The van der Waals surface area contributed by atoms with Crippen LogP contribution in [0.1, 0.15) is 26.7 Å². The van der Waals surface area contributed by atoms with Crippen LogP contribution in [0.3, 0.4) is 0 Å². The van der Waals surface area contributed by atoms with Crippen molar-refractivity contribution in [2.45, 2.75) is 32.3 Å². The number of methoxy groups -OCH3 is 1. The Morgan fingerprint density at radius 1 is 1.73 bits per heavy atom. The predicted molar refractivity (Wildman–Crippen MR) is 44.4 cm³/mol. The zero-order chi connectivity index (χ0) is 8.48. The molecule has 2 nitrogen and oxygen atoms in total. The molecule has 0 aromatic carbocycles. The van der Waals surface area contributed by atoms with Gasteiger partial charge in [0.15, 0.2) is 0 Å². The van der Waals surface area contributed by atoms with Gasteiger partial charge in [0, 0.05) is 13.7 Å². The third-order valence-electron chi connectivity index (χ3n) is 2.57. The van der Waals surface area contributed by atoms with Gasteiger partial charge in [-0.15, -0.1) is 0 Å². The van der Waals surface area contributed by atoms with E-state index >= 15 is 0 Å². The Bertz CT molecular complexity index is 136. The van der Waals surface area contributed by atoms with Crippen LogP contribution in [0, 0.1) is 11.8 Å². The van der Waals surface area contributed by atoms with Crippen molar-refractivity contribution in [2.24, 2.45) is 11.8 Å². The van der Waals surface area contributed by atoms with E-state index in [-0.39, 0.29) is 5.60 Å². The molecule has 0 aromatic heterocycles. The fraction of sp³-hybridized carbons (Fsp3) is 1.00. The van der Waals surface area contributed by atoms with E-state index in [1.54, 1.807) is 7.11 Å². The minimum Gasteiger partial charge on any atom is -0.390 e. The largest absolute Gasteiger partial charge is 0.390 e. The lowest BCUT2D eigenvalue weighted by molar-refractivity contribution is 0.0764. The van der Waals surface area contributed by atoms with Crippen LogP contribution in [-0.4, -0.2) is 24.4 Å². The smallest absolute Gasteiger partial charge is 0.0681 e. The fourth-order valence-corrected chi connectivity index (χ4v) is 1.70. The second-order valence-corrected chi connectivity index (χ2v) is 3.97. The van der Waals surface area contributed by atoms with E-state index in [0.29, 0.717) is 11.8 Å². The van der Waals surface area contributed by atoms with Crippen LogP contribution in [0.25, 0.3) is 0 Å². The Balaban J connectivity index is 2.20. The SMILES string of the molecule is COCC(C)CC1(O)CC1C. The lowest BCUT2D eigenvalue weighted by atomic mass is 10.0. The second kappa shape index (κ2) is 3.11. The summed E-state index contributed by atoms with van der Waals surface area (Å²) in [6.07, 6.45) is 1.86. The van der Waals surface area contributed by atoms with Gasteiger partial charge in [0.1, 0.15) is 0 Å². The molecular formula is C9H18O2. The summed E-state index contributed by atoms with van der Waals surface area (Å²) in [5, 5.41) is 9.74. The molecule has 1 rings (SSSR count). The lowest BCUT2D eigenvalue weighted by Gasteiger charge is -2.14. The highest BCUT2D eigenvalue weighted by atomic mass is 16.5. The molecule has 0 aromatic rings. The van der Waals surface area contributed by atoms with Crippen LogP contribution < -0.4 is 0 Å². The molecule has 0 heterocycles. The summed E-state index contributed by atoms with van der Waals surface area (Å²) in [6.45, 7) is 4.97. The van der Waals surface area contributed by atoms with E-state index in [1.807, 2.05) is 0 Å². The van der Waals surface area contributed by atoms with Crippen LogP contribution in [-0.2, 0) is 4.74 Å². The molecule has 0 bridgehead atoms. The molecule has 1 saturated carbocycles. The van der Waals surface area contributed by atoms with Crippen LogP contribution in [0.2, 0.25) is 0 Å². The zero-order valence-corrected chi connectivity index (χ0v) is 7.63. The van der Waals surface area contributed by atoms with Crippen molar-refractivity contribution in [3.05, 3.63) is 0 Å². The summed E-state index contributed by atoms with van der Waals surface area (Å²) in [4.78, 5) is 0. The molecule has 3 unspecified atom stereocenters. The molecule has 0 spiro atoms. The molecular weight excluding hydrogens is 140 g/mol. The summed E-state index contributed by atoms with van der Waals surface area (Å²) in [5.41, 5.74) is -0.349. The number of aliphatic hydroxyl groups is 1. The summed E-state index contributed by atoms with van der Waals surface area (Å²) in [7, 11) is 1.71. The maximum atomic E-state index is 9.74. The van der Waals surface area contributed by atoms with Crippen LogP contribution in [0.5, 0.6) is 0 Å². The summed E-state index contributed by atoms with van der Waals surface area (Å²) >= 11 is 0. The van der Waals surface area contributed by atoms with Crippen LogP contribution in [0.4, 0.5) is 0 Å². The Hall–Kier alpha value is -0.0800. The van der Waals surface area contributed by atoms with Crippen LogP contribution in [0.15, 0.2) is 0 Å². The third-order valence-corrected chi connectivity index (χ3v) is 2.57. The summed E-state index contributed by atoms with van der Waals surface area (Å²) in [6, 6.07) is 0. The number of rotatable bonds is 4. The van der Waals surface area contributed by atoms with Gasteiger partial charge >= 0.3 is 0 Å². The Kier molecular flexibility index (Phi) is 2.55. The highest BCUT2D eigenvalue weighted by Crippen LogP contribution is 2.47. The van der Waals surface area contributed by atoms with Gasteiger partial charge in [-0.1, -0.05) is 13.8 Å². The molecule has 1 aliphatic rings. The van der Waals surface area contributed by atoms with Gasteiger partial charge in [-0.25, -0.2) is 0 Å². The normalized spacial score (nSPS) is 38.7. The topological polar surface area (TPSA) is 29.5 Å². The van der Waals surface area contributed by atoms with Crippen molar-refractivity contribution in [3.63, 3.8) is 0 Å². The number of hydrogen-bond acceptors (Lipinski definition) is 2. The fourth-order valence-electron chi connectivity index (χ4n) is 1.70.